The normalized spacial score (nSPS) is 10.5. The standard InChI is InChI=1S/C14H9BrN4O2/c15-14-12(4-1-5-13(14)19(20)21)18-11(6-8-17-18)10-3-2-7-16-9-10/h1-9H. The van der Waals surface area contributed by atoms with E-state index in [1.165, 1.54) is 6.07 Å². The van der Waals surface area contributed by atoms with Crippen molar-refractivity contribution in [1.29, 1.82) is 0 Å². The third-order valence-corrected chi connectivity index (χ3v) is 3.80. The zero-order valence-corrected chi connectivity index (χ0v) is 12.3. The maximum absolute atomic E-state index is 11.0. The molecule has 0 saturated carbocycles. The van der Waals surface area contributed by atoms with Gasteiger partial charge in [-0.1, -0.05) is 6.07 Å². The SMILES string of the molecule is O=[N+]([O-])c1cccc(-n2nccc2-c2cccnc2)c1Br. The van der Waals surface area contributed by atoms with Gasteiger partial charge in [-0.25, -0.2) is 4.68 Å². The zero-order chi connectivity index (χ0) is 14.8. The number of pyridine rings is 1. The first kappa shape index (κ1) is 13.4. The van der Waals surface area contributed by atoms with E-state index in [1.807, 2.05) is 18.2 Å². The summed E-state index contributed by atoms with van der Waals surface area (Å²) in [6, 6.07) is 10.4. The molecule has 0 aliphatic heterocycles. The van der Waals surface area contributed by atoms with Crippen LogP contribution in [0.4, 0.5) is 5.69 Å². The van der Waals surface area contributed by atoms with Crippen LogP contribution in [0.25, 0.3) is 16.9 Å². The highest BCUT2D eigenvalue weighted by Crippen LogP contribution is 2.32. The molecular weight excluding hydrogens is 336 g/mol. The van der Waals surface area contributed by atoms with E-state index in [9.17, 15) is 10.1 Å². The average molecular weight is 345 g/mol. The molecule has 104 valence electrons. The van der Waals surface area contributed by atoms with Crippen molar-refractivity contribution in [2.75, 3.05) is 0 Å². The lowest BCUT2D eigenvalue weighted by molar-refractivity contribution is -0.385. The van der Waals surface area contributed by atoms with Crippen molar-refractivity contribution in [3.63, 3.8) is 0 Å². The van der Waals surface area contributed by atoms with Crippen molar-refractivity contribution in [3.05, 3.63) is 69.6 Å². The van der Waals surface area contributed by atoms with Gasteiger partial charge in [-0.15, -0.1) is 0 Å². The molecule has 2 aromatic heterocycles. The number of nitro groups is 1. The molecule has 1 aromatic carbocycles. The lowest BCUT2D eigenvalue weighted by atomic mass is 10.2. The second-order valence-corrected chi connectivity index (χ2v) is 5.03. The smallest absolute Gasteiger partial charge is 0.264 e. The Labute approximate surface area is 128 Å². The maximum atomic E-state index is 11.0. The molecule has 0 bridgehead atoms. The first-order chi connectivity index (χ1) is 10.2. The largest absolute Gasteiger partial charge is 0.285 e. The maximum Gasteiger partial charge on any atom is 0.285 e. The van der Waals surface area contributed by atoms with Crippen molar-refractivity contribution >= 4 is 21.6 Å². The van der Waals surface area contributed by atoms with Crippen LogP contribution in [0.5, 0.6) is 0 Å². The minimum absolute atomic E-state index is 0.000127. The Morgan fingerprint density at radius 2 is 2.00 bits per heavy atom. The highest BCUT2D eigenvalue weighted by atomic mass is 79.9. The summed E-state index contributed by atoms with van der Waals surface area (Å²) in [5, 5.41) is 15.3. The first-order valence-electron chi connectivity index (χ1n) is 6.06. The van der Waals surface area contributed by atoms with Crippen LogP contribution in [-0.2, 0) is 0 Å². The van der Waals surface area contributed by atoms with Crippen molar-refractivity contribution in [1.82, 2.24) is 14.8 Å². The fourth-order valence-corrected chi connectivity index (χ4v) is 2.62. The van der Waals surface area contributed by atoms with Gasteiger partial charge in [-0.05, 0) is 40.2 Å². The van der Waals surface area contributed by atoms with Gasteiger partial charge in [0.25, 0.3) is 5.69 Å². The molecule has 3 aromatic rings. The summed E-state index contributed by atoms with van der Waals surface area (Å²) in [5.74, 6) is 0. The number of benzene rings is 1. The number of halogens is 1. The molecule has 0 saturated heterocycles. The van der Waals surface area contributed by atoms with Crippen LogP contribution < -0.4 is 0 Å². The van der Waals surface area contributed by atoms with Crippen molar-refractivity contribution in [2.45, 2.75) is 0 Å². The van der Waals surface area contributed by atoms with Crippen LogP contribution in [0.2, 0.25) is 0 Å². The van der Waals surface area contributed by atoms with Gasteiger partial charge in [-0.3, -0.25) is 15.1 Å². The summed E-state index contributed by atoms with van der Waals surface area (Å²) in [7, 11) is 0. The Morgan fingerprint density at radius 3 is 2.71 bits per heavy atom. The summed E-state index contributed by atoms with van der Waals surface area (Å²) in [6.45, 7) is 0. The Morgan fingerprint density at radius 1 is 1.14 bits per heavy atom. The van der Waals surface area contributed by atoms with Gasteiger partial charge in [0.05, 0.1) is 22.5 Å². The van der Waals surface area contributed by atoms with E-state index in [2.05, 4.69) is 26.0 Å². The van der Waals surface area contributed by atoms with E-state index < -0.39 is 4.92 Å². The summed E-state index contributed by atoms with van der Waals surface area (Å²) >= 11 is 3.29. The first-order valence-corrected chi connectivity index (χ1v) is 6.85. The zero-order valence-electron chi connectivity index (χ0n) is 10.7. The summed E-state index contributed by atoms with van der Waals surface area (Å²) in [5.41, 5.74) is 2.30. The van der Waals surface area contributed by atoms with Crippen LogP contribution in [-0.4, -0.2) is 19.7 Å². The summed E-state index contributed by atoms with van der Waals surface area (Å²) in [6.07, 6.45) is 5.06. The van der Waals surface area contributed by atoms with E-state index >= 15 is 0 Å². The van der Waals surface area contributed by atoms with Crippen LogP contribution in [0.15, 0.2) is 59.5 Å². The van der Waals surface area contributed by atoms with E-state index in [1.54, 1.807) is 35.4 Å². The minimum atomic E-state index is -0.430. The minimum Gasteiger partial charge on any atom is -0.264 e. The summed E-state index contributed by atoms with van der Waals surface area (Å²) < 4.78 is 2.04. The van der Waals surface area contributed by atoms with Gasteiger partial charge in [0.1, 0.15) is 4.47 Å². The van der Waals surface area contributed by atoms with Crippen molar-refractivity contribution in [2.24, 2.45) is 0 Å². The molecule has 0 unspecified atom stereocenters. The quantitative estimate of drug-likeness (QED) is 0.537. The molecule has 0 aliphatic rings. The van der Waals surface area contributed by atoms with Crippen molar-refractivity contribution in [3.8, 4) is 16.9 Å². The van der Waals surface area contributed by atoms with E-state index in [-0.39, 0.29) is 5.69 Å². The van der Waals surface area contributed by atoms with E-state index in [4.69, 9.17) is 0 Å². The van der Waals surface area contributed by atoms with Crippen LogP contribution >= 0.6 is 15.9 Å². The number of aromatic nitrogens is 3. The van der Waals surface area contributed by atoms with Gasteiger partial charge in [0.2, 0.25) is 0 Å². The molecule has 0 atom stereocenters. The van der Waals surface area contributed by atoms with Gasteiger partial charge < -0.3 is 0 Å². The highest BCUT2D eigenvalue weighted by molar-refractivity contribution is 9.10. The molecule has 2 heterocycles. The Bertz CT molecular complexity index is 802. The molecule has 0 fully saturated rings. The van der Waals surface area contributed by atoms with Gasteiger partial charge in [0.15, 0.2) is 0 Å². The van der Waals surface area contributed by atoms with Gasteiger partial charge >= 0.3 is 0 Å². The lowest BCUT2D eigenvalue weighted by Gasteiger charge is -2.09. The number of rotatable bonds is 3. The molecule has 6 nitrogen and oxygen atoms in total. The predicted molar refractivity (Wildman–Crippen MR) is 81.1 cm³/mol. The number of hydrogen-bond acceptors (Lipinski definition) is 4. The molecule has 0 amide bonds. The topological polar surface area (TPSA) is 73.8 Å². The summed E-state index contributed by atoms with van der Waals surface area (Å²) in [4.78, 5) is 14.7. The molecule has 0 radical (unpaired) electrons. The number of nitro benzene ring substituents is 1. The number of hydrogen-bond donors (Lipinski definition) is 0. The number of nitrogens with zero attached hydrogens (tertiary/aromatic N) is 4. The van der Waals surface area contributed by atoms with E-state index in [0.717, 1.165) is 11.3 Å². The molecular formula is C14H9BrN4O2. The second kappa shape index (κ2) is 5.45. The molecule has 7 heteroatoms. The van der Waals surface area contributed by atoms with Crippen molar-refractivity contribution < 1.29 is 4.92 Å². The molecule has 0 aliphatic carbocycles. The van der Waals surface area contributed by atoms with Crippen LogP contribution in [0, 0.1) is 10.1 Å². The second-order valence-electron chi connectivity index (χ2n) is 4.24. The van der Waals surface area contributed by atoms with Gasteiger partial charge in [-0.2, -0.15) is 5.10 Å². The third-order valence-electron chi connectivity index (χ3n) is 2.98. The fourth-order valence-electron chi connectivity index (χ4n) is 2.04. The van der Waals surface area contributed by atoms with Gasteiger partial charge in [0, 0.05) is 24.0 Å². The molecule has 0 N–H and O–H groups in total. The Balaban J connectivity index is 2.18. The average Bonchev–Trinajstić information content (AvgIpc) is 2.97. The predicted octanol–water partition coefficient (Wildman–Crippen LogP) is 3.61. The Kier molecular flexibility index (Phi) is 3.49. The molecule has 21 heavy (non-hydrogen) atoms. The Hall–Kier alpha value is -2.54. The monoisotopic (exact) mass is 344 g/mol. The molecule has 3 rings (SSSR count). The van der Waals surface area contributed by atoms with Crippen LogP contribution in [0.1, 0.15) is 0 Å². The molecule has 0 spiro atoms. The van der Waals surface area contributed by atoms with Crippen LogP contribution in [0.3, 0.4) is 0 Å². The lowest BCUT2D eigenvalue weighted by Crippen LogP contribution is -2.02. The third kappa shape index (κ3) is 2.43. The van der Waals surface area contributed by atoms with E-state index in [0.29, 0.717) is 10.2 Å². The fraction of sp³-hybridized carbons (Fsp3) is 0. The highest BCUT2D eigenvalue weighted by Gasteiger charge is 2.18.